The molecule has 0 saturated heterocycles. The molecule has 2 rings (SSSR count). The van der Waals surface area contributed by atoms with E-state index in [0.717, 1.165) is 0 Å². The number of rotatable bonds is 3. The first-order chi connectivity index (χ1) is 8.22. The van der Waals surface area contributed by atoms with Crippen LogP contribution in [0.3, 0.4) is 0 Å². The lowest BCUT2D eigenvalue weighted by Gasteiger charge is -2.06. The number of aromatic nitrogens is 2. The molecule has 0 bridgehead atoms. The molecule has 5 heteroatoms. The number of carboxylic acid groups (broad SMARTS) is 1. The van der Waals surface area contributed by atoms with Crippen LogP contribution in [0.2, 0.25) is 0 Å². The quantitative estimate of drug-likeness (QED) is 0.871. The van der Waals surface area contributed by atoms with E-state index in [2.05, 4.69) is 9.97 Å². The lowest BCUT2D eigenvalue weighted by atomic mass is 10.1. The Hall–Kier alpha value is -2.43. The number of carbonyl (C=O) groups is 1. The van der Waals surface area contributed by atoms with Crippen LogP contribution >= 0.6 is 0 Å². The highest BCUT2D eigenvalue weighted by Gasteiger charge is 2.10. The molecule has 0 unspecified atom stereocenters. The van der Waals surface area contributed by atoms with Gasteiger partial charge in [-0.2, -0.15) is 0 Å². The molecule has 2 aromatic rings. The molecule has 0 radical (unpaired) electrons. The maximum absolute atomic E-state index is 10.9. The largest absolute Gasteiger partial charge is 0.481 e. The van der Waals surface area contributed by atoms with Crippen molar-refractivity contribution in [2.75, 3.05) is 7.11 Å². The zero-order valence-corrected chi connectivity index (χ0v) is 9.12. The zero-order chi connectivity index (χ0) is 12.3. The average Bonchev–Trinajstić information content (AvgIpc) is 2.39. The molecule has 0 fully saturated rings. The zero-order valence-electron chi connectivity index (χ0n) is 9.12. The summed E-state index contributed by atoms with van der Waals surface area (Å²) >= 11 is 0. The van der Waals surface area contributed by atoms with Gasteiger partial charge in [-0.1, -0.05) is 0 Å². The Balaban J connectivity index is 2.52. The minimum atomic E-state index is -0.989. The summed E-state index contributed by atoms with van der Waals surface area (Å²) in [5.74, 6) is -0.570. The molecule has 17 heavy (non-hydrogen) atoms. The molecule has 0 spiro atoms. The van der Waals surface area contributed by atoms with E-state index in [1.165, 1.54) is 25.4 Å². The van der Waals surface area contributed by atoms with Crippen molar-refractivity contribution in [3.63, 3.8) is 0 Å². The Kier molecular flexibility index (Phi) is 3.00. The van der Waals surface area contributed by atoms with Crippen molar-refractivity contribution in [2.24, 2.45) is 0 Å². The predicted molar refractivity (Wildman–Crippen MR) is 61.0 cm³/mol. The summed E-state index contributed by atoms with van der Waals surface area (Å²) in [6.07, 6.45) is 3.05. The van der Waals surface area contributed by atoms with Crippen molar-refractivity contribution in [3.05, 3.63) is 42.2 Å². The van der Waals surface area contributed by atoms with Crippen LogP contribution in [0.1, 0.15) is 10.4 Å². The number of aromatic carboxylic acids is 1. The number of nitrogens with zero attached hydrogens (tertiary/aromatic N) is 2. The summed E-state index contributed by atoms with van der Waals surface area (Å²) in [6.45, 7) is 0. The minimum Gasteiger partial charge on any atom is -0.481 e. The lowest BCUT2D eigenvalue weighted by Crippen LogP contribution is -1.98. The van der Waals surface area contributed by atoms with Gasteiger partial charge >= 0.3 is 5.97 Å². The maximum Gasteiger partial charge on any atom is 0.335 e. The van der Waals surface area contributed by atoms with Crippen LogP contribution in [-0.2, 0) is 0 Å². The molecule has 2 heterocycles. The van der Waals surface area contributed by atoms with Crippen LogP contribution in [-0.4, -0.2) is 28.2 Å². The normalized spacial score (nSPS) is 9.94. The van der Waals surface area contributed by atoms with Crippen LogP contribution in [0.15, 0.2) is 36.7 Å². The topological polar surface area (TPSA) is 72.3 Å². The Morgan fingerprint density at radius 1 is 1.29 bits per heavy atom. The van der Waals surface area contributed by atoms with E-state index in [-0.39, 0.29) is 5.56 Å². The molecule has 0 amide bonds. The summed E-state index contributed by atoms with van der Waals surface area (Å²) in [4.78, 5) is 19.0. The predicted octanol–water partition coefficient (Wildman–Crippen LogP) is 1.85. The number of hydrogen-bond donors (Lipinski definition) is 1. The minimum absolute atomic E-state index is 0.181. The highest BCUT2D eigenvalue weighted by Crippen LogP contribution is 2.25. The smallest absolute Gasteiger partial charge is 0.335 e. The molecule has 0 atom stereocenters. The summed E-state index contributed by atoms with van der Waals surface area (Å²) in [6, 6.07) is 6.45. The maximum atomic E-state index is 10.9. The van der Waals surface area contributed by atoms with Gasteiger partial charge in [-0.05, 0) is 24.3 Å². The van der Waals surface area contributed by atoms with Crippen molar-refractivity contribution in [3.8, 4) is 17.1 Å². The number of ether oxygens (including phenoxy) is 1. The fraction of sp³-hybridized carbons (Fsp3) is 0.0833. The Labute approximate surface area is 97.7 Å². The molecular weight excluding hydrogens is 220 g/mol. The first-order valence-corrected chi connectivity index (χ1v) is 4.91. The molecule has 5 nitrogen and oxygen atoms in total. The second-order valence-corrected chi connectivity index (χ2v) is 3.30. The van der Waals surface area contributed by atoms with Gasteiger partial charge in [0.25, 0.3) is 0 Å². The molecule has 0 aromatic carbocycles. The third kappa shape index (κ3) is 2.23. The van der Waals surface area contributed by atoms with Crippen LogP contribution in [0, 0.1) is 0 Å². The van der Waals surface area contributed by atoms with E-state index in [4.69, 9.17) is 9.84 Å². The molecule has 0 aliphatic heterocycles. The van der Waals surface area contributed by atoms with Crippen LogP contribution in [0.5, 0.6) is 5.88 Å². The van der Waals surface area contributed by atoms with Crippen LogP contribution in [0.25, 0.3) is 11.3 Å². The van der Waals surface area contributed by atoms with Gasteiger partial charge in [0.2, 0.25) is 5.88 Å². The number of pyridine rings is 2. The highest BCUT2D eigenvalue weighted by atomic mass is 16.5. The molecule has 1 N–H and O–H groups in total. The fourth-order valence-electron chi connectivity index (χ4n) is 1.46. The van der Waals surface area contributed by atoms with E-state index in [0.29, 0.717) is 17.1 Å². The van der Waals surface area contributed by atoms with Gasteiger partial charge in [0, 0.05) is 12.4 Å². The van der Waals surface area contributed by atoms with Gasteiger partial charge in [0.15, 0.2) is 0 Å². The summed E-state index contributed by atoms with van der Waals surface area (Å²) in [5, 5.41) is 8.91. The standard InChI is InChI=1S/C12H10N2O3/c1-17-11-9(3-2-5-14-11)10-7-8(12(15)16)4-6-13-10/h2-7H,1H3,(H,15,16). The van der Waals surface area contributed by atoms with Gasteiger partial charge in [-0.25, -0.2) is 9.78 Å². The third-order valence-electron chi connectivity index (χ3n) is 2.25. The van der Waals surface area contributed by atoms with Crippen LogP contribution in [0.4, 0.5) is 0 Å². The monoisotopic (exact) mass is 230 g/mol. The Bertz CT molecular complexity index is 555. The summed E-state index contributed by atoms with van der Waals surface area (Å²) in [7, 11) is 1.51. The second kappa shape index (κ2) is 4.61. The second-order valence-electron chi connectivity index (χ2n) is 3.30. The number of methoxy groups -OCH3 is 1. The molecular formula is C12H10N2O3. The Morgan fingerprint density at radius 3 is 2.82 bits per heavy atom. The summed E-state index contributed by atoms with van der Waals surface area (Å²) < 4.78 is 5.10. The molecule has 0 saturated carbocycles. The lowest BCUT2D eigenvalue weighted by molar-refractivity contribution is 0.0697. The van der Waals surface area contributed by atoms with E-state index >= 15 is 0 Å². The van der Waals surface area contributed by atoms with Gasteiger partial charge < -0.3 is 9.84 Å². The van der Waals surface area contributed by atoms with E-state index < -0.39 is 5.97 Å². The highest BCUT2D eigenvalue weighted by molar-refractivity contribution is 5.89. The third-order valence-corrected chi connectivity index (χ3v) is 2.25. The van der Waals surface area contributed by atoms with E-state index in [9.17, 15) is 4.79 Å². The van der Waals surface area contributed by atoms with Crippen molar-refractivity contribution in [1.29, 1.82) is 0 Å². The van der Waals surface area contributed by atoms with Crippen molar-refractivity contribution in [2.45, 2.75) is 0 Å². The van der Waals surface area contributed by atoms with Gasteiger partial charge in [-0.15, -0.1) is 0 Å². The molecule has 2 aromatic heterocycles. The first-order valence-electron chi connectivity index (χ1n) is 4.91. The molecule has 0 aliphatic rings. The molecule has 0 aliphatic carbocycles. The van der Waals surface area contributed by atoms with Crippen molar-refractivity contribution < 1.29 is 14.6 Å². The van der Waals surface area contributed by atoms with Crippen molar-refractivity contribution >= 4 is 5.97 Å². The fourth-order valence-corrected chi connectivity index (χ4v) is 1.46. The van der Waals surface area contributed by atoms with E-state index in [1.54, 1.807) is 18.3 Å². The van der Waals surface area contributed by atoms with Gasteiger partial charge in [0.05, 0.1) is 23.9 Å². The SMILES string of the molecule is COc1ncccc1-c1cc(C(=O)O)ccn1. The average molecular weight is 230 g/mol. The van der Waals surface area contributed by atoms with Gasteiger partial charge in [-0.3, -0.25) is 4.98 Å². The number of hydrogen-bond acceptors (Lipinski definition) is 4. The first kappa shape index (κ1) is 11.1. The summed E-state index contributed by atoms with van der Waals surface area (Å²) in [5.41, 5.74) is 1.37. The number of carboxylic acids is 1. The van der Waals surface area contributed by atoms with Gasteiger partial charge in [0.1, 0.15) is 0 Å². The Morgan fingerprint density at radius 2 is 2.12 bits per heavy atom. The van der Waals surface area contributed by atoms with Crippen LogP contribution < -0.4 is 4.74 Å². The molecule has 86 valence electrons. The van der Waals surface area contributed by atoms with Crippen molar-refractivity contribution in [1.82, 2.24) is 9.97 Å². The van der Waals surface area contributed by atoms with E-state index in [1.807, 2.05) is 0 Å².